The normalized spacial score (nSPS) is 22.6. The van der Waals surface area contributed by atoms with E-state index >= 15 is 0 Å². The summed E-state index contributed by atoms with van der Waals surface area (Å²) in [6.45, 7) is 4.51. The van der Waals surface area contributed by atoms with Crippen LogP contribution in [0.4, 0.5) is 11.4 Å². The van der Waals surface area contributed by atoms with Crippen LogP contribution < -0.4 is 20.5 Å². The van der Waals surface area contributed by atoms with E-state index in [4.69, 9.17) is 15.2 Å². The first-order valence-electron chi connectivity index (χ1n) is 7.34. The van der Waals surface area contributed by atoms with Gasteiger partial charge in [-0.1, -0.05) is 0 Å². The van der Waals surface area contributed by atoms with Crippen molar-refractivity contribution in [1.29, 1.82) is 0 Å². The second-order valence-electron chi connectivity index (χ2n) is 5.73. The first-order chi connectivity index (χ1) is 9.72. The minimum Gasteiger partial charge on any atom is -0.486 e. The minimum absolute atomic E-state index is 0.591. The molecule has 20 heavy (non-hydrogen) atoms. The lowest BCUT2D eigenvalue weighted by molar-refractivity contribution is 0.172. The zero-order valence-corrected chi connectivity index (χ0v) is 12.0. The number of fused-ring (bicyclic) bond motifs is 1. The summed E-state index contributed by atoms with van der Waals surface area (Å²) in [5.74, 6) is 2.21. The third-order valence-electron chi connectivity index (χ3n) is 4.02. The number of nitrogens with one attached hydrogen (secondary N) is 1. The van der Waals surface area contributed by atoms with E-state index < -0.39 is 0 Å². The van der Waals surface area contributed by atoms with E-state index in [2.05, 4.69) is 17.3 Å². The van der Waals surface area contributed by atoms with Crippen LogP contribution >= 0.6 is 0 Å². The molecule has 0 bridgehead atoms. The van der Waals surface area contributed by atoms with Crippen LogP contribution in [-0.2, 0) is 0 Å². The first-order valence-corrected chi connectivity index (χ1v) is 7.34. The highest BCUT2D eigenvalue weighted by Crippen LogP contribution is 2.37. The van der Waals surface area contributed by atoms with Crippen molar-refractivity contribution in [2.45, 2.75) is 12.8 Å². The lowest BCUT2D eigenvalue weighted by Gasteiger charge is -2.30. The second kappa shape index (κ2) is 5.79. The molecule has 0 saturated carbocycles. The van der Waals surface area contributed by atoms with Gasteiger partial charge in [0.15, 0.2) is 11.5 Å². The van der Waals surface area contributed by atoms with Gasteiger partial charge in [-0.2, -0.15) is 0 Å². The molecule has 1 aromatic rings. The molecule has 0 radical (unpaired) electrons. The summed E-state index contributed by atoms with van der Waals surface area (Å²) in [5.41, 5.74) is 7.75. The molecule has 1 unspecified atom stereocenters. The predicted molar refractivity (Wildman–Crippen MR) is 80.6 cm³/mol. The Morgan fingerprint density at radius 2 is 2.05 bits per heavy atom. The summed E-state index contributed by atoms with van der Waals surface area (Å²) in [5, 5.41) is 3.47. The minimum atomic E-state index is 0.591. The molecule has 0 aliphatic carbocycles. The molecule has 2 aliphatic rings. The van der Waals surface area contributed by atoms with E-state index in [1.54, 1.807) is 0 Å². The molecule has 0 spiro atoms. The highest BCUT2D eigenvalue weighted by molar-refractivity contribution is 5.72. The average molecular weight is 277 g/mol. The van der Waals surface area contributed by atoms with E-state index in [1.165, 1.54) is 19.4 Å². The number of rotatable bonds is 3. The Balaban J connectivity index is 1.65. The van der Waals surface area contributed by atoms with E-state index in [1.807, 2.05) is 12.1 Å². The Kier molecular flexibility index (Phi) is 3.87. The van der Waals surface area contributed by atoms with Crippen molar-refractivity contribution in [3.05, 3.63) is 12.1 Å². The summed E-state index contributed by atoms with van der Waals surface area (Å²) in [7, 11) is 2.19. The number of hydrogen-bond donors (Lipinski definition) is 2. The highest BCUT2D eigenvalue weighted by Gasteiger charge is 2.18. The van der Waals surface area contributed by atoms with E-state index in [0.717, 1.165) is 36.0 Å². The molecule has 1 saturated heterocycles. The van der Waals surface area contributed by atoms with Crippen LogP contribution in [0.5, 0.6) is 11.5 Å². The Hall–Kier alpha value is -1.62. The number of nitrogens with zero attached hydrogens (tertiary/aromatic N) is 1. The molecule has 1 fully saturated rings. The van der Waals surface area contributed by atoms with Crippen molar-refractivity contribution in [2.75, 3.05) is 50.9 Å². The van der Waals surface area contributed by atoms with Gasteiger partial charge in [0.05, 0.1) is 11.4 Å². The van der Waals surface area contributed by atoms with Gasteiger partial charge in [-0.25, -0.2) is 0 Å². The standard InChI is InChI=1S/C15H23N3O2/c1-18-4-2-3-11(10-18)9-17-13-8-15-14(7-12(13)16)19-5-6-20-15/h7-8,11,17H,2-6,9-10,16H2,1H3. The number of nitrogen functional groups attached to an aromatic ring is 1. The van der Waals surface area contributed by atoms with Gasteiger partial charge >= 0.3 is 0 Å². The number of anilines is 2. The molecule has 0 amide bonds. The molecule has 3 rings (SSSR count). The Bertz CT molecular complexity index is 478. The molecule has 0 aromatic heterocycles. The van der Waals surface area contributed by atoms with Crippen molar-refractivity contribution in [3.8, 4) is 11.5 Å². The summed E-state index contributed by atoms with van der Waals surface area (Å²) in [6, 6.07) is 3.81. The van der Waals surface area contributed by atoms with E-state index in [0.29, 0.717) is 19.1 Å². The maximum atomic E-state index is 6.08. The van der Waals surface area contributed by atoms with Crippen LogP contribution in [0, 0.1) is 5.92 Å². The van der Waals surface area contributed by atoms with Gasteiger partial charge in [0, 0.05) is 25.2 Å². The molecule has 5 nitrogen and oxygen atoms in total. The van der Waals surface area contributed by atoms with Crippen molar-refractivity contribution >= 4 is 11.4 Å². The smallest absolute Gasteiger partial charge is 0.163 e. The van der Waals surface area contributed by atoms with Gasteiger partial charge in [-0.3, -0.25) is 0 Å². The maximum Gasteiger partial charge on any atom is 0.163 e. The Labute approximate surface area is 120 Å². The second-order valence-corrected chi connectivity index (χ2v) is 5.73. The third-order valence-corrected chi connectivity index (χ3v) is 4.02. The number of nitrogens with two attached hydrogens (primary N) is 1. The quantitative estimate of drug-likeness (QED) is 0.825. The van der Waals surface area contributed by atoms with Gasteiger partial charge in [0.2, 0.25) is 0 Å². The number of ether oxygens (including phenoxy) is 2. The third kappa shape index (κ3) is 2.93. The molecule has 110 valence electrons. The number of benzene rings is 1. The Morgan fingerprint density at radius 3 is 2.80 bits per heavy atom. The number of likely N-dealkylation sites (tertiary alicyclic amines) is 1. The van der Waals surface area contributed by atoms with Gasteiger partial charge in [0.25, 0.3) is 0 Å². The molecule has 1 aromatic carbocycles. The zero-order chi connectivity index (χ0) is 13.9. The number of piperidine rings is 1. The summed E-state index contributed by atoms with van der Waals surface area (Å²) >= 11 is 0. The lowest BCUT2D eigenvalue weighted by atomic mass is 9.98. The van der Waals surface area contributed by atoms with Crippen molar-refractivity contribution < 1.29 is 9.47 Å². The topological polar surface area (TPSA) is 59.8 Å². The van der Waals surface area contributed by atoms with Gasteiger partial charge < -0.3 is 25.4 Å². The molecule has 3 N–H and O–H groups in total. The van der Waals surface area contributed by atoms with Gasteiger partial charge in [-0.15, -0.1) is 0 Å². The lowest BCUT2D eigenvalue weighted by Crippen LogP contribution is -2.35. The fourth-order valence-electron chi connectivity index (χ4n) is 2.95. The van der Waals surface area contributed by atoms with Crippen molar-refractivity contribution in [1.82, 2.24) is 4.90 Å². The first kappa shape index (κ1) is 13.4. The van der Waals surface area contributed by atoms with Gasteiger partial charge in [0.1, 0.15) is 13.2 Å². The summed E-state index contributed by atoms with van der Waals surface area (Å²) < 4.78 is 11.1. The van der Waals surface area contributed by atoms with Crippen LogP contribution in [0.3, 0.4) is 0 Å². The van der Waals surface area contributed by atoms with Crippen molar-refractivity contribution in [2.24, 2.45) is 5.92 Å². The Morgan fingerprint density at radius 1 is 1.30 bits per heavy atom. The van der Waals surface area contributed by atoms with E-state index in [9.17, 15) is 0 Å². The highest BCUT2D eigenvalue weighted by atomic mass is 16.6. The molecule has 2 aliphatic heterocycles. The molecule has 1 atom stereocenters. The largest absolute Gasteiger partial charge is 0.486 e. The monoisotopic (exact) mass is 277 g/mol. The zero-order valence-electron chi connectivity index (χ0n) is 12.0. The molecule has 5 heteroatoms. The summed E-state index contributed by atoms with van der Waals surface area (Å²) in [6.07, 6.45) is 2.56. The maximum absolute atomic E-state index is 6.08. The van der Waals surface area contributed by atoms with Crippen molar-refractivity contribution in [3.63, 3.8) is 0 Å². The molecular formula is C15H23N3O2. The van der Waals surface area contributed by atoms with Crippen LogP contribution in [0.2, 0.25) is 0 Å². The van der Waals surface area contributed by atoms with Crippen LogP contribution in [0.25, 0.3) is 0 Å². The fraction of sp³-hybridized carbons (Fsp3) is 0.600. The fourth-order valence-corrected chi connectivity index (χ4v) is 2.95. The SMILES string of the molecule is CN1CCCC(CNc2cc3c(cc2N)OCCO3)C1. The molecule has 2 heterocycles. The van der Waals surface area contributed by atoms with Crippen LogP contribution in [0.15, 0.2) is 12.1 Å². The predicted octanol–water partition coefficient (Wildman–Crippen LogP) is 1.79. The number of hydrogen-bond acceptors (Lipinski definition) is 5. The van der Waals surface area contributed by atoms with E-state index in [-0.39, 0.29) is 0 Å². The molecular weight excluding hydrogens is 254 g/mol. The van der Waals surface area contributed by atoms with Crippen LogP contribution in [0.1, 0.15) is 12.8 Å². The van der Waals surface area contributed by atoms with Gasteiger partial charge in [-0.05, 0) is 32.4 Å². The van der Waals surface area contributed by atoms with Crippen LogP contribution in [-0.4, -0.2) is 44.8 Å². The summed E-state index contributed by atoms with van der Waals surface area (Å²) in [4.78, 5) is 2.39. The average Bonchev–Trinajstić information content (AvgIpc) is 2.45.